The SMILES string of the molecule is OC(COCCOc1ccc(Br)cc1)CN1CCC(C(O)c2ccc(F)cc2)CC1. The van der Waals surface area contributed by atoms with Crippen LogP contribution >= 0.6 is 15.9 Å². The third-order valence-electron chi connectivity index (χ3n) is 5.38. The highest BCUT2D eigenvalue weighted by molar-refractivity contribution is 9.10. The van der Waals surface area contributed by atoms with Gasteiger partial charge in [-0.3, -0.25) is 0 Å². The zero-order valence-electron chi connectivity index (χ0n) is 16.9. The fourth-order valence-corrected chi connectivity index (χ4v) is 3.97. The van der Waals surface area contributed by atoms with Gasteiger partial charge in [0.05, 0.1) is 25.4 Å². The first kappa shape index (κ1) is 23.2. The molecule has 2 aromatic carbocycles. The molecule has 1 heterocycles. The molecule has 7 heteroatoms. The first-order valence-corrected chi connectivity index (χ1v) is 11.1. The topological polar surface area (TPSA) is 62.2 Å². The molecular formula is C23H29BrFNO4. The number of rotatable bonds is 10. The van der Waals surface area contributed by atoms with Crippen LogP contribution in [0.1, 0.15) is 24.5 Å². The van der Waals surface area contributed by atoms with E-state index < -0.39 is 12.2 Å². The molecule has 3 rings (SSSR count). The molecule has 0 bridgehead atoms. The number of halogens is 2. The predicted molar refractivity (Wildman–Crippen MR) is 117 cm³/mol. The summed E-state index contributed by atoms with van der Waals surface area (Å²) in [6.07, 6.45) is 0.545. The zero-order chi connectivity index (χ0) is 21.3. The lowest BCUT2D eigenvalue weighted by Crippen LogP contribution is -2.41. The number of ether oxygens (including phenoxy) is 2. The van der Waals surface area contributed by atoms with E-state index in [2.05, 4.69) is 20.8 Å². The van der Waals surface area contributed by atoms with E-state index in [9.17, 15) is 14.6 Å². The van der Waals surface area contributed by atoms with Gasteiger partial charge in [-0.1, -0.05) is 28.1 Å². The Morgan fingerprint density at radius 2 is 1.67 bits per heavy atom. The molecule has 0 aliphatic carbocycles. The maximum absolute atomic E-state index is 13.1. The normalized spacial score (nSPS) is 17.6. The van der Waals surface area contributed by atoms with Gasteiger partial charge >= 0.3 is 0 Å². The van der Waals surface area contributed by atoms with Crippen LogP contribution in [0.25, 0.3) is 0 Å². The Balaban J connectivity index is 1.28. The Morgan fingerprint density at radius 1 is 1.00 bits per heavy atom. The molecule has 1 aliphatic rings. The third-order valence-corrected chi connectivity index (χ3v) is 5.91. The maximum atomic E-state index is 13.1. The molecule has 0 amide bonds. The summed E-state index contributed by atoms with van der Waals surface area (Å²) in [5.74, 6) is 0.640. The van der Waals surface area contributed by atoms with Crippen LogP contribution in [0.5, 0.6) is 5.75 Å². The van der Waals surface area contributed by atoms with Gasteiger partial charge in [-0.15, -0.1) is 0 Å². The molecule has 2 aromatic rings. The highest BCUT2D eigenvalue weighted by Gasteiger charge is 2.27. The van der Waals surface area contributed by atoms with Crippen LogP contribution in [0.3, 0.4) is 0 Å². The van der Waals surface area contributed by atoms with E-state index in [1.54, 1.807) is 12.1 Å². The van der Waals surface area contributed by atoms with Crippen molar-refractivity contribution >= 4 is 15.9 Å². The smallest absolute Gasteiger partial charge is 0.123 e. The molecule has 2 atom stereocenters. The van der Waals surface area contributed by atoms with Gasteiger partial charge in [0.1, 0.15) is 18.2 Å². The highest BCUT2D eigenvalue weighted by Crippen LogP contribution is 2.30. The van der Waals surface area contributed by atoms with Gasteiger partial charge in [-0.2, -0.15) is 0 Å². The van der Waals surface area contributed by atoms with Crippen LogP contribution in [0.15, 0.2) is 53.0 Å². The van der Waals surface area contributed by atoms with Crippen molar-refractivity contribution in [2.24, 2.45) is 5.92 Å². The van der Waals surface area contributed by atoms with Gasteiger partial charge < -0.3 is 24.6 Å². The average Bonchev–Trinajstić information content (AvgIpc) is 2.75. The van der Waals surface area contributed by atoms with Crippen molar-refractivity contribution in [2.75, 3.05) is 39.5 Å². The number of piperidine rings is 1. The van der Waals surface area contributed by atoms with E-state index in [0.717, 1.165) is 41.7 Å². The van der Waals surface area contributed by atoms with E-state index >= 15 is 0 Å². The summed E-state index contributed by atoms with van der Waals surface area (Å²) in [7, 11) is 0. The summed E-state index contributed by atoms with van der Waals surface area (Å²) in [6, 6.07) is 13.7. The van der Waals surface area contributed by atoms with Gasteiger partial charge in [0.25, 0.3) is 0 Å². The molecule has 0 saturated carbocycles. The van der Waals surface area contributed by atoms with Crippen molar-refractivity contribution in [3.63, 3.8) is 0 Å². The molecule has 1 aliphatic heterocycles. The minimum atomic E-state index is -0.577. The minimum Gasteiger partial charge on any atom is -0.491 e. The van der Waals surface area contributed by atoms with E-state index in [4.69, 9.17) is 9.47 Å². The lowest BCUT2D eigenvalue weighted by Gasteiger charge is -2.35. The second kappa shape index (κ2) is 11.8. The molecule has 2 unspecified atom stereocenters. The molecule has 2 N–H and O–H groups in total. The number of hydrogen-bond acceptors (Lipinski definition) is 5. The van der Waals surface area contributed by atoms with Crippen molar-refractivity contribution < 1.29 is 24.1 Å². The quantitative estimate of drug-likeness (QED) is 0.505. The van der Waals surface area contributed by atoms with Crippen molar-refractivity contribution in [1.82, 2.24) is 4.90 Å². The third kappa shape index (κ3) is 7.32. The lowest BCUT2D eigenvalue weighted by molar-refractivity contribution is -0.00446. The van der Waals surface area contributed by atoms with Crippen LogP contribution in [-0.4, -0.2) is 60.7 Å². The lowest BCUT2D eigenvalue weighted by atomic mass is 9.87. The van der Waals surface area contributed by atoms with Crippen molar-refractivity contribution in [3.8, 4) is 5.75 Å². The summed E-state index contributed by atoms with van der Waals surface area (Å²) in [5.41, 5.74) is 0.758. The number of likely N-dealkylation sites (tertiary alicyclic amines) is 1. The molecule has 1 fully saturated rings. The second-order valence-corrected chi connectivity index (χ2v) is 8.58. The largest absolute Gasteiger partial charge is 0.491 e. The first-order valence-electron chi connectivity index (χ1n) is 10.3. The van der Waals surface area contributed by atoms with Crippen LogP contribution in [-0.2, 0) is 4.74 Å². The second-order valence-electron chi connectivity index (χ2n) is 7.67. The molecular weight excluding hydrogens is 453 g/mol. The summed E-state index contributed by atoms with van der Waals surface area (Å²) in [6.45, 7) is 3.29. The number of hydrogen-bond donors (Lipinski definition) is 2. The maximum Gasteiger partial charge on any atom is 0.123 e. The Kier molecular flexibility index (Phi) is 9.08. The number of β-amino-alcohol motifs (C(OH)–C–C–N with tert-alkyl or cyclic N) is 1. The molecule has 1 saturated heterocycles. The Morgan fingerprint density at radius 3 is 2.33 bits per heavy atom. The van der Waals surface area contributed by atoms with E-state index in [0.29, 0.717) is 19.8 Å². The van der Waals surface area contributed by atoms with E-state index in [1.165, 1.54) is 12.1 Å². The molecule has 0 spiro atoms. The molecule has 0 aromatic heterocycles. The van der Waals surface area contributed by atoms with Gasteiger partial charge in [-0.25, -0.2) is 4.39 Å². The molecule has 5 nitrogen and oxygen atoms in total. The fourth-order valence-electron chi connectivity index (χ4n) is 3.70. The number of nitrogens with zero attached hydrogens (tertiary/aromatic N) is 1. The summed E-state index contributed by atoms with van der Waals surface area (Å²) >= 11 is 3.38. The van der Waals surface area contributed by atoms with Crippen molar-refractivity contribution in [1.29, 1.82) is 0 Å². The molecule has 30 heavy (non-hydrogen) atoms. The number of aliphatic hydroxyl groups is 2. The van der Waals surface area contributed by atoms with Gasteiger partial charge in [0, 0.05) is 11.0 Å². The van der Waals surface area contributed by atoms with Crippen molar-refractivity contribution in [2.45, 2.75) is 25.0 Å². The summed E-state index contributed by atoms with van der Waals surface area (Å²) in [5, 5.41) is 20.8. The predicted octanol–water partition coefficient (Wildman–Crippen LogP) is 3.79. The summed E-state index contributed by atoms with van der Waals surface area (Å²) in [4.78, 5) is 2.19. The van der Waals surface area contributed by atoms with Crippen LogP contribution in [0.4, 0.5) is 4.39 Å². The van der Waals surface area contributed by atoms with Gasteiger partial charge in [0.2, 0.25) is 0 Å². The first-order chi connectivity index (χ1) is 14.5. The number of benzene rings is 2. The molecule has 164 valence electrons. The Bertz CT molecular complexity index is 751. The van der Waals surface area contributed by atoms with Crippen LogP contribution < -0.4 is 4.74 Å². The van der Waals surface area contributed by atoms with E-state index in [1.807, 2.05) is 24.3 Å². The highest BCUT2D eigenvalue weighted by atomic mass is 79.9. The van der Waals surface area contributed by atoms with Crippen LogP contribution in [0, 0.1) is 11.7 Å². The number of aliphatic hydroxyl groups excluding tert-OH is 2. The molecule has 0 radical (unpaired) electrons. The average molecular weight is 482 g/mol. The standard InChI is InChI=1S/C23H29BrFNO4/c24-19-3-7-22(8-4-19)30-14-13-29-16-21(27)15-26-11-9-18(10-12-26)23(28)17-1-5-20(25)6-2-17/h1-8,18,21,23,27-28H,9-16H2. The van der Waals surface area contributed by atoms with E-state index in [-0.39, 0.29) is 18.3 Å². The summed E-state index contributed by atoms with van der Waals surface area (Å²) < 4.78 is 25.2. The monoisotopic (exact) mass is 481 g/mol. The van der Waals surface area contributed by atoms with Gasteiger partial charge in [0.15, 0.2) is 0 Å². The zero-order valence-corrected chi connectivity index (χ0v) is 18.5. The Hall–Kier alpha value is -1.51. The Labute approximate surface area is 185 Å². The minimum absolute atomic E-state index is 0.149. The fraction of sp³-hybridized carbons (Fsp3) is 0.478. The van der Waals surface area contributed by atoms with Crippen LogP contribution in [0.2, 0.25) is 0 Å². The van der Waals surface area contributed by atoms with Crippen molar-refractivity contribution in [3.05, 3.63) is 64.4 Å². The van der Waals surface area contributed by atoms with Gasteiger partial charge in [-0.05, 0) is 73.8 Å².